The van der Waals surface area contributed by atoms with E-state index in [0.717, 1.165) is 25.0 Å². The summed E-state index contributed by atoms with van der Waals surface area (Å²) < 4.78 is 45.7. The molecule has 2 unspecified atom stereocenters. The first-order chi connectivity index (χ1) is 14.2. The van der Waals surface area contributed by atoms with Crippen LogP contribution in [0.2, 0.25) is 0 Å². The van der Waals surface area contributed by atoms with E-state index in [-0.39, 0.29) is 22.8 Å². The van der Waals surface area contributed by atoms with Crippen molar-refractivity contribution in [2.45, 2.75) is 56.1 Å². The highest BCUT2D eigenvalue weighted by Gasteiger charge is 2.53. The summed E-state index contributed by atoms with van der Waals surface area (Å²) in [5.74, 6) is -0.180. The molecule has 0 aromatic heterocycles. The molecule has 0 radical (unpaired) electrons. The number of nitrogens with zero attached hydrogens (tertiary/aromatic N) is 2. The van der Waals surface area contributed by atoms with Gasteiger partial charge in [-0.15, -0.1) is 0 Å². The Balaban J connectivity index is 1.77. The molecule has 30 heavy (non-hydrogen) atoms. The van der Waals surface area contributed by atoms with E-state index in [0.29, 0.717) is 39.1 Å². The lowest BCUT2D eigenvalue weighted by Crippen LogP contribution is -2.59. The van der Waals surface area contributed by atoms with Crippen molar-refractivity contribution >= 4 is 15.9 Å². The second-order valence-corrected chi connectivity index (χ2v) is 10.2. The summed E-state index contributed by atoms with van der Waals surface area (Å²) in [4.78, 5) is 15.2. The SMILES string of the molecule is CCC(C)C1NC2(CCN(S(=O)(=O)c3ccc(F)cc3)CC2)N(CCCOC)C1=O. The second-order valence-electron chi connectivity index (χ2n) is 8.23. The first-order valence-corrected chi connectivity index (χ1v) is 12.0. The summed E-state index contributed by atoms with van der Waals surface area (Å²) in [6, 6.07) is 4.65. The van der Waals surface area contributed by atoms with Crippen LogP contribution in [0.1, 0.15) is 39.5 Å². The lowest BCUT2D eigenvalue weighted by Gasteiger charge is -2.44. The van der Waals surface area contributed by atoms with Gasteiger partial charge >= 0.3 is 0 Å². The number of ether oxygens (including phenoxy) is 1. The van der Waals surface area contributed by atoms with Gasteiger partial charge in [0, 0.05) is 33.4 Å². The van der Waals surface area contributed by atoms with Crippen LogP contribution in [0.5, 0.6) is 0 Å². The molecule has 1 aromatic carbocycles. The summed E-state index contributed by atoms with van der Waals surface area (Å²) >= 11 is 0. The maximum atomic E-state index is 13.2. The molecule has 1 aromatic rings. The van der Waals surface area contributed by atoms with E-state index in [9.17, 15) is 17.6 Å². The fourth-order valence-electron chi connectivity index (χ4n) is 4.39. The zero-order chi connectivity index (χ0) is 21.9. The molecular weight excluding hydrogens is 409 g/mol. The molecule has 168 valence electrons. The molecule has 2 aliphatic rings. The normalized spacial score (nSPS) is 23.3. The highest BCUT2D eigenvalue weighted by molar-refractivity contribution is 7.89. The van der Waals surface area contributed by atoms with Gasteiger partial charge in [0.25, 0.3) is 0 Å². The van der Waals surface area contributed by atoms with E-state index >= 15 is 0 Å². The van der Waals surface area contributed by atoms with Crippen molar-refractivity contribution in [3.8, 4) is 0 Å². The van der Waals surface area contributed by atoms with Crippen LogP contribution in [0.25, 0.3) is 0 Å². The predicted octanol–water partition coefficient (Wildman–Crippen LogP) is 2.19. The Bertz CT molecular complexity index is 838. The van der Waals surface area contributed by atoms with Gasteiger partial charge in [-0.1, -0.05) is 20.3 Å². The number of carbonyl (C=O) groups excluding carboxylic acids is 1. The summed E-state index contributed by atoms with van der Waals surface area (Å²) in [7, 11) is -2.06. The van der Waals surface area contributed by atoms with Crippen LogP contribution >= 0.6 is 0 Å². The van der Waals surface area contributed by atoms with Crippen molar-refractivity contribution in [1.29, 1.82) is 0 Å². The van der Waals surface area contributed by atoms with Gasteiger partial charge in [0.1, 0.15) is 5.82 Å². The summed E-state index contributed by atoms with van der Waals surface area (Å²) in [6.45, 7) is 5.88. The van der Waals surface area contributed by atoms with E-state index in [1.54, 1.807) is 7.11 Å². The Labute approximate surface area is 178 Å². The van der Waals surface area contributed by atoms with Gasteiger partial charge in [-0.3, -0.25) is 10.1 Å². The highest BCUT2D eigenvalue weighted by atomic mass is 32.2. The monoisotopic (exact) mass is 441 g/mol. The van der Waals surface area contributed by atoms with Gasteiger partial charge in [0.15, 0.2) is 0 Å². The van der Waals surface area contributed by atoms with Crippen molar-refractivity contribution < 1.29 is 22.3 Å². The lowest BCUT2D eigenvalue weighted by atomic mass is 9.96. The fourth-order valence-corrected chi connectivity index (χ4v) is 5.83. The summed E-state index contributed by atoms with van der Waals surface area (Å²) in [5.41, 5.74) is -0.534. The molecule has 0 aliphatic carbocycles. The fraction of sp³-hybridized carbons (Fsp3) is 0.667. The third kappa shape index (κ3) is 4.39. The molecule has 2 atom stereocenters. The number of piperidine rings is 1. The first kappa shape index (κ1) is 23.1. The van der Waals surface area contributed by atoms with Gasteiger partial charge < -0.3 is 9.64 Å². The van der Waals surface area contributed by atoms with Crippen molar-refractivity contribution in [1.82, 2.24) is 14.5 Å². The highest BCUT2D eigenvalue weighted by Crippen LogP contribution is 2.36. The smallest absolute Gasteiger partial charge is 0.243 e. The predicted molar refractivity (Wildman–Crippen MR) is 112 cm³/mol. The molecule has 1 amide bonds. The largest absolute Gasteiger partial charge is 0.385 e. The van der Waals surface area contributed by atoms with Crippen molar-refractivity contribution in [3.63, 3.8) is 0 Å². The van der Waals surface area contributed by atoms with Crippen LogP contribution in [-0.2, 0) is 19.6 Å². The minimum atomic E-state index is -3.70. The quantitative estimate of drug-likeness (QED) is 0.626. The second kappa shape index (κ2) is 9.30. The van der Waals surface area contributed by atoms with E-state index in [4.69, 9.17) is 4.74 Å². The van der Waals surface area contributed by atoms with Crippen molar-refractivity contribution in [2.24, 2.45) is 5.92 Å². The molecule has 7 nitrogen and oxygen atoms in total. The van der Waals surface area contributed by atoms with Crippen LogP contribution in [0.15, 0.2) is 29.2 Å². The Hall–Kier alpha value is -1.55. The molecule has 2 heterocycles. The number of carbonyl (C=O) groups is 1. The third-order valence-corrected chi connectivity index (χ3v) is 8.33. The molecule has 2 saturated heterocycles. The number of hydrogen-bond donors (Lipinski definition) is 1. The number of benzene rings is 1. The van der Waals surface area contributed by atoms with Crippen LogP contribution < -0.4 is 5.32 Å². The Morgan fingerprint density at radius 2 is 1.90 bits per heavy atom. The molecule has 9 heteroatoms. The molecule has 0 bridgehead atoms. The molecule has 1 N–H and O–H groups in total. The number of halogens is 1. The standard InChI is InChI=1S/C21H32FN3O4S/c1-4-16(2)19-20(26)25(12-5-15-29-3)21(23-19)10-13-24(14-11-21)30(27,28)18-8-6-17(22)7-9-18/h6-9,16,19,23H,4-5,10-15H2,1-3H3. The number of methoxy groups -OCH3 is 1. The maximum absolute atomic E-state index is 13.2. The van der Waals surface area contributed by atoms with Crippen LogP contribution in [0.3, 0.4) is 0 Å². The molecular formula is C21H32FN3O4S. The molecule has 3 rings (SSSR count). The van der Waals surface area contributed by atoms with E-state index in [1.807, 2.05) is 4.90 Å². The number of hydrogen-bond acceptors (Lipinski definition) is 5. The summed E-state index contributed by atoms with van der Waals surface area (Å²) in [6.07, 6.45) is 2.64. The lowest BCUT2D eigenvalue weighted by molar-refractivity contribution is -0.134. The number of amides is 1. The molecule has 0 saturated carbocycles. The van der Waals surface area contributed by atoms with E-state index in [1.165, 1.54) is 16.4 Å². The van der Waals surface area contributed by atoms with Gasteiger partial charge in [-0.25, -0.2) is 12.8 Å². The number of nitrogens with one attached hydrogen (secondary N) is 1. The van der Waals surface area contributed by atoms with Crippen molar-refractivity contribution in [3.05, 3.63) is 30.1 Å². The zero-order valence-electron chi connectivity index (χ0n) is 17.9. The molecule has 2 fully saturated rings. The van der Waals surface area contributed by atoms with Crippen LogP contribution in [0.4, 0.5) is 4.39 Å². The number of sulfonamides is 1. The van der Waals surface area contributed by atoms with Gasteiger partial charge in [0.05, 0.1) is 16.6 Å². The minimum absolute atomic E-state index is 0.0877. The molecule has 1 spiro atoms. The Kier molecular flexibility index (Phi) is 7.16. The van der Waals surface area contributed by atoms with Crippen LogP contribution in [-0.4, -0.2) is 68.6 Å². The van der Waals surface area contributed by atoms with E-state index < -0.39 is 21.5 Å². The third-order valence-electron chi connectivity index (χ3n) is 6.42. The average Bonchev–Trinajstić information content (AvgIpc) is 3.00. The average molecular weight is 442 g/mol. The van der Waals surface area contributed by atoms with E-state index in [2.05, 4.69) is 19.2 Å². The zero-order valence-corrected chi connectivity index (χ0v) is 18.8. The van der Waals surface area contributed by atoms with Crippen LogP contribution in [0, 0.1) is 11.7 Å². The maximum Gasteiger partial charge on any atom is 0.243 e. The van der Waals surface area contributed by atoms with Gasteiger partial charge in [-0.2, -0.15) is 4.31 Å². The number of rotatable bonds is 8. The Morgan fingerprint density at radius 3 is 2.47 bits per heavy atom. The molecule has 2 aliphatic heterocycles. The van der Waals surface area contributed by atoms with Gasteiger partial charge in [-0.05, 0) is 49.4 Å². The minimum Gasteiger partial charge on any atom is -0.385 e. The first-order valence-electron chi connectivity index (χ1n) is 10.6. The summed E-state index contributed by atoms with van der Waals surface area (Å²) in [5, 5.41) is 3.57. The van der Waals surface area contributed by atoms with Gasteiger partial charge in [0.2, 0.25) is 15.9 Å². The Morgan fingerprint density at radius 1 is 1.27 bits per heavy atom. The topological polar surface area (TPSA) is 79.0 Å². The van der Waals surface area contributed by atoms with Crippen molar-refractivity contribution in [2.75, 3.05) is 33.4 Å².